The maximum absolute atomic E-state index is 9.86. The van der Waals surface area contributed by atoms with Crippen LogP contribution >= 0.6 is 0 Å². The second kappa shape index (κ2) is 6.51. The minimum atomic E-state index is -0.393. The molecule has 1 N–H and O–H groups in total. The highest BCUT2D eigenvalue weighted by Gasteiger charge is 2.28. The number of aliphatic hydroxyl groups excluding tert-OH is 1. The first-order valence-corrected chi connectivity index (χ1v) is 7.92. The van der Waals surface area contributed by atoms with E-state index < -0.39 is 6.23 Å². The summed E-state index contributed by atoms with van der Waals surface area (Å²) in [6.07, 6.45) is 1.84. The third kappa shape index (κ3) is 3.32. The van der Waals surface area contributed by atoms with Gasteiger partial charge in [-0.1, -0.05) is 29.8 Å². The lowest BCUT2D eigenvalue weighted by molar-refractivity contribution is 0.00916. The van der Waals surface area contributed by atoms with Gasteiger partial charge in [0.05, 0.1) is 0 Å². The van der Waals surface area contributed by atoms with Gasteiger partial charge in [-0.15, -0.1) is 0 Å². The molecule has 116 valence electrons. The highest BCUT2D eigenvalue weighted by atomic mass is 16.5. The fourth-order valence-corrected chi connectivity index (χ4v) is 3.09. The molecule has 2 atom stereocenters. The lowest BCUT2D eigenvalue weighted by atomic mass is 10.0. The van der Waals surface area contributed by atoms with Gasteiger partial charge in [-0.3, -0.25) is 4.90 Å². The molecule has 1 aliphatic rings. The maximum Gasteiger partial charge on any atom is 0.127 e. The van der Waals surface area contributed by atoms with Gasteiger partial charge in [0, 0.05) is 12.6 Å². The van der Waals surface area contributed by atoms with Crippen LogP contribution in [0.2, 0.25) is 0 Å². The van der Waals surface area contributed by atoms with Crippen LogP contribution in [0.3, 0.4) is 0 Å². The monoisotopic (exact) mass is 297 g/mol. The van der Waals surface area contributed by atoms with Crippen LogP contribution in [0.15, 0.2) is 48.5 Å². The summed E-state index contributed by atoms with van der Waals surface area (Å²) in [5, 5.41) is 9.86. The summed E-state index contributed by atoms with van der Waals surface area (Å²) in [5.74, 6) is 1.69. The molecule has 0 aromatic heterocycles. The van der Waals surface area contributed by atoms with Crippen molar-refractivity contribution < 1.29 is 9.84 Å². The van der Waals surface area contributed by atoms with Crippen molar-refractivity contribution in [1.82, 2.24) is 4.90 Å². The van der Waals surface area contributed by atoms with Crippen LogP contribution in [0.25, 0.3) is 0 Å². The summed E-state index contributed by atoms with van der Waals surface area (Å²) < 4.78 is 5.86. The number of aryl methyl sites for hydroxylation is 1. The fourth-order valence-electron chi connectivity index (χ4n) is 3.09. The summed E-state index contributed by atoms with van der Waals surface area (Å²) in [5.41, 5.74) is 2.47. The van der Waals surface area contributed by atoms with Gasteiger partial charge in [-0.05, 0) is 56.5 Å². The van der Waals surface area contributed by atoms with E-state index in [9.17, 15) is 5.11 Å². The molecule has 3 rings (SSSR count). The highest BCUT2D eigenvalue weighted by Crippen LogP contribution is 2.34. The fraction of sp³-hybridized carbons (Fsp3) is 0.368. The Hall–Kier alpha value is -1.84. The van der Waals surface area contributed by atoms with Crippen molar-refractivity contribution in [1.29, 1.82) is 0 Å². The zero-order chi connectivity index (χ0) is 15.5. The number of rotatable bonds is 4. The molecule has 0 bridgehead atoms. The van der Waals surface area contributed by atoms with Gasteiger partial charge in [0.15, 0.2) is 0 Å². The number of aliphatic hydroxyl groups is 1. The van der Waals surface area contributed by atoms with E-state index in [1.165, 1.54) is 11.1 Å². The molecule has 3 nitrogen and oxygen atoms in total. The van der Waals surface area contributed by atoms with Crippen molar-refractivity contribution >= 4 is 0 Å². The first kappa shape index (κ1) is 15.1. The van der Waals surface area contributed by atoms with Crippen LogP contribution in [-0.4, -0.2) is 22.8 Å². The van der Waals surface area contributed by atoms with Gasteiger partial charge < -0.3 is 9.84 Å². The van der Waals surface area contributed by atoms with E-state index in [-0.39, 0.29) is 0 Å². The van der Waals surface area contributed by atoms with Crippen molar-refractivity contribution in [2.75, 3.05) is 6.54 Å². The standard InChI is InChI=1S/C19H23NO2/c1-14-5-9-17(10-6-14)22-18-11-7-16(8-12-18)19-4-3-13-20(19)15(2)21/h5-12,15,19,21H,3-4,13H2,1-2H3. The maximum atomic E-state index is 9.86. The zero-order valence-electron chi connectivity index (χ0n) is 13.2. The average molecular weight is 297 g/mol. The van der Waals surface area contributed by atoms with Crippen molar-refractivity contribution in [2.24, 2.45) is 0 Å². The molecule has 0 aliphatic carbocycles. The van der Waals surface area contributed by atoms with Crippen LogP contribution in [0, 0.1) is 6.92 Å². The summed E-state index contributed by atoms with van der Waals surface area (Å²) in [6, 6.07) is 16.6. The molecule has 2 aromatic carbocycles. The quantitative estimate of drug-likeness (QED) is 0.915. The summed E-state index contributed by atoms with van der Waals surface area (Å²) >= 11 is 0. The van der Waals surface area contributed by atoms with Crippen LogP contribution in [-0.2, 0) is 0 Å². The normalized spacial score (nSPS) is 20.0. The second-order valence-electron chi connectivity index (χ2n) is 6.01. The van der Waals surface area contributed by atoms with E-state index in [0.29, 0.717) is 6.04 Å². The highest BCUT2D eigenvalue weighted by molar-refractivity contribution is 5.35. The Bertz CT molecular complexity index is 604. The predicted molar refractivity (Wildman–Crippen MR) is 88.1 cm³/mol. The van der Waals surface area contributed by atoms with E-state index in [1.807, 2.05) is 43.3 Å². The Labute approximate surface area is 132 Å². The molecular formula is C19H23NO2. The van der Waals surface area contributed by atoms with Crippen LogP contribution in [0.4, 0.5) is 0 Å². The topological polar surface area (TPSA) is 32.7 Å². The number of benzene rings is 2. The first-order valence-electron chi connectivity index (χ1n) is 7.92. The molecule has 0 spiro atoms. The Balaban J connectivity index is 1.71. The van der Waals surface area contributed by atoms with E-state index in [4.69, 9.17) is 4.74 Å². The molecule has 1 fully saturated rings. The van der Waals surface area contributed by atoms with E-state index >= 15 is 0 Å². The van der Waals surface area contributed by atoms with Crippen molar-refractivity contribution in [2.45, 2.75) is 39.0 Å². The third-order valence-electron chi connectivity index (χ3n) is 4.30. The van der Waals surface area contributed by atoms with Gasteiger partial charge >= 0.3 is 0 Å². The molecule has 1 heterocycles. The summed E-state index contributed by atoms with van der Waals surface area (Å²) in [6.45, 7) is 4.87. The number of hydrogen-bond donors (Lipinski definition) is 1. The molecule has 2 unspecified atom stereocenters. The molecule has 2 aromatic rings. The van der Waals surface area contributed by atoms with Gasteiger partial charge in [-0.25, -0.2) is 0 Å². The minimum Gasteiger partial charge on any atom is -0.457 e. The van der Waals surface area contributed by atoms with Crippen LogP contribution in [0.1, 0.15) is 36.9 Å². The number of nitrogens with zero attached hydrogens (tertiary/aromatic N) is 1. The SMILES string of the molecule is Cc1ccc(Oc2ccc(C3CCCN3C(C)O)cc2)cc1. The zero-order valence-corrected chi connectivity index (χ0v) is 13.2. The van der Waals surface area contributed by atoms with Gasteiger partial charge in [0.1, 0.15) is 17.7 Å². The molecule has 1 saturated heterocycles. The molecule has 22 heavy (non-hydrogen) atoms. The molecule has 0 saturated carbocycles. The third-order valence-corrected chi connectivity index (χ3v) is 4.30. The average Bonchev–Trinajstić information content (AvgIpc) is 3.00. The molecule has 0 radical (unpaired) electrons. The summed E-state index contributed by atoms with van der Waals surface area (Å²) in [4.78, 5) is 2.15. The Morgan fingerprint density at radius 1 is 1.05 bits per heavy atom. The van der Waals surface area contributed by atoms with Gasteiger partial charge in [0.2, 0.25) is 0 Å². The van der Waals surface area contributed by atoms with Crippen LogP contribution in [0.5, 0.6) is 11.5 Å². The van der Waals surface area contributed by atoms with Crippen molar-refractivity contribution in [3.8, 4) is 11.5 Å². The lowest BCUT2D eigenvalue weighted by Crippen LogP contribution is -2.32. The molecule has 3 heteroatoms. The van der Waals surface area contributed by atoms with E-state index in [2.05, 4.69) is 24.0 Å². The van der Waals surface area contributed by atoms with Gasteiger partial charge in [-0.2, -0.15) is 0 Å². The number of hydrogen-bond acceptors (Lipinski definition) is 3. The van der Waals surface area contributed by atoms with Crippen LogP contribution < -0.4 is 4.74 Å². The molecule has 0 amide bonds. The van der Waals surface area contributed by atoms with E-state index in [1.54, 1.807) is 0 Å². The number of likely N-dealkylation sites (tertiary alicyclic amines) is 1. The lowest BCUT2D eigenvalue weighted by Gasteiger charge is -2.27. The predicted octanol–water partition coefficient (Wildman–Crippen LogP) is 4.26. The first-order chi connectivity index (χ1) is 10.6. The molecule has 1 aliphatic heterocycles. The second-order valence-corrected chi connectivity index (χ2v) is 6.01. The minimum absolute atomic E-state index is 0.313. The largest absolute Gasteiger partial charge is 0.457 e. The number of ether oxygens (including phenoxy) is 1. The Morgan fingerprint density at radius 3 is 2.23 bits per heavy atom. The van der Waals surface area contributed by atoms with Gasteiger partial charge in [0.25, 0.3) is 0 Å². The molecular weight excluding hydrogens is 274 g/mol. The van der Waals surface area contributed by atoms with Crippen molar-refractivity contribution in [3.63, 3.8) is 0 Å². The Morgan fingerprint density at radius 2 is 1.64 bits per heavy atom. The smallest absolute Gasteiger partial charge is 0.127 e. The Kier molecular flexibility index (Phi) is 4.46. The summed E-state index contributed by atoms with van der Waals surface area (Å²) in [7, 11) is 0. The van der Waals surface area contributed by atoms with Crippen molar-refractivity contribution in [3.05, 3.63) is 59.7 Å². The van der Waals surface area contributed by atoms with E-state index in [0.717, 1.165) is 30.9 Å².